The standard InChI is InChI=1S/C24H40O7/c1-2-3-4-5-6-7-8-9-10-11-12-13-14-15-16-17-22(28)31-21(19-26)24(30)23(29)20(27)18-25/h3-4,6-7,9-10,19-21,23-25,27,29-30H,2,5,8,11-18H2,1H3/b4-3-,7-6-,10-9-/t20-,21+,23-,24-/m1/s1. The van der Waals surface area contributed by atoms with E-state index in [1.165, 1.54) is 0 Å². The third kappa shape index (κ3) is 15.6. The lowest BCUT2D eigenvalue weighted by Gasteiger charge is -2.25. The lowest BCUT2D eigenvalue weighted by molar-refractivity contribution is -0.168. The molecule has 0 aromatic heterocycles. The van der Waals surface area contributed by atoms with Gasteiger partial charge in [0.15, 0.2) is 12.4 Å². The second-order valence-electron chi connectivity index (χ2n) is 7.42. The van der Waals surface area contributed by atoms with Crippen LogP contribution in [0.15, 0.2) is 36.5 Å². The Morgan fingerprint density at radius 2 is 1.42 bits per heavy atom. The van der Waals surface area contributed by atoms with Gasteiger partial charge in [0.2, 0.25) is 0 Å². The molecule has 7 heteroatoms. The number of aliphatic hydroxyl groups excluding tert-OH is 4. The Morgan fingerprint density at radius 3 is 2.03 bits per heavy atom. The molecule has 0 aliphatic carbocycles. The molecule has 0 amide bonds. The van der Waals surface area contributed by atoms with Crippen molar-refractivity contribution in [2.24, 2.45) is 0 Å². The van der Waals surface area contributed by atoms with Gasteiger partial charge in [0.1, 0.15) is 18.3 Å². The van der Waals surface area contributed by atoms with Crippen LogP contribution in [-0.4, -0.2) is 63.7 Å². The van der Waals surface area contributed by atoms with Crippen molar-refractivity contribution in [1.29, 1.82) is 0 Å². The molecule has 0 spiro atoms. The maximum absolute atomic E-state index is 11.8. The van der Waals surface area contributed by atoms with Gasteiger partial charge < -0.3 is 25.2 Å². The fourth-order valence-electron chi connectivity index (χ4n) is 2.81. The van der Waals surface area contributed by atoms with E-state index in [2.05, 4.69) is 43.4 Å². The summed E-state index contributed by atoms with van der Waals surface area (Å²) >= 11 is 0. The highest BCUT2D eigenvalue weighted by molar-refractivity contribution is 5.72. The summed E-state index contributed by atoms with van der Waals surface area (Å²) < 4.78 is 4.87. The first-order valence-electron chi connectivity index (χ1n) is 11.2. The number of hydrogen-bond acceptors (Lipinski definition) is 7. The smallest absolute Gasteiger partial charge is 0.306 e. The Morgan fingerprint density at radius 1 is 0.839 bits per heavy atom. The predicted molar refractivity (Wildman–Crippen MR) is 120 cm³/mol. The van der Waals surface area contributed by atoms with E-state index in [1.54, 1.807) is 0 Å². The van der Waals surface area contributed by atoms with E-state index in [4.69, 9.17) is 9.84 Å². The number of aldehydes is 1. The highest BCUT2D eigenvalue weighted by Gasteiger charge is 2.33. The number of esters is 1. The summed E-state index contributed by atoms with van der Waals surface area (Å²) in [5, 5.41) is 37.5. The lowest BCUT2D eigenvalue weighted by atomic mass is 10.0. The normalized spacial score (nSPS) is 16.0. The molecule has 178 valence electrons. The molecule has 0 unspecified atom stereocenters. The lowest BCUT2D eigenvalue weighted by Crippen LogP contribution is -2.48. The van der Waals surface area contributed by atoms with E-state index in [9.17, 15) is 24.9 Å². The molecular formula is C24H40O7. The van der Waals surface area contributed by atoms with Gasteiger partial charge in [0.05, 0.1) is 6.61 Å². The topological polar surface area (TPSA) is 124 Å². The predicted octanol–water partition coefficient (Wildman–Crippen LogP) is 2.76. The highest BCUT2D eigenvalue weighted by atomic mass is 16.6. The number of carbonyl (C=O) groups excluding carboxylic acids is 2. The van der Waals surface area contributed by atoms with E-state index >= 15 is 0 Å². The summed E-state index contributed by atoms with van der Waals surface area (Å²) in [5.74, 6) is -0.650. The fourth-order valence-corrected chi connectivity index (χ4v) is 2.81. The molecule has 4 N–H and O–H groups in total. The van der Waals surface area contributed by atoms with E-state index < -0.39 is 37.0 Å². The minimum Gasteiger partial charge on any atom is -0.452 e. The quantitative estimate of drug-likeness (QED) is 0.105. The summed E-state index contributed by atoms with van der Waals surface area (Å²) in [6.45, 7) is 1.33. The average molecular weight is 441 g/mol. The Bertz CT molecular complexity index is 542. The van der Waals surface area contributed by atoms with Crippen molar-refractivity contribution in [2.75, 3.05) is 6.61 Å². The maximum Gasteiger partial charge on any atom is 0.306 e. The summed E-state index contributed by atoms with van der Waals surface area (Å²) in [4.78, 5) is 22.8. The summed E-state index contributed by atoms with van der Waals surface area (Å²) in [7, 11) is 0. The molecule has 0 saturated carbocycles. The molecule has 0 heterocycles. The number of aliphatic hydroxyl groups is 4. The van der Waals surface area contributed by atoms with E-state index in [0.717, 1.165) is 51.4 Å². The Balaban J connectivity index is 3.80. The van der Waals surface area contributed by atoms with Gasteiger partial charge in [-0.3, -0.25) is 9.59 Å². The SMILES string of the molecule is CC/C=C\C/C=C\C/C=C\CCCCCCCC(=O)O[C@@H](C=O)[C@@H](O)[C@H](O)[C@H](O)CO. The molecule has 0 bridgehead atoms. The molecule has 31 heavy (non-hydrogen) atoms. The van der Waals surface area contributed by atoms with Crippen LogP contribution >= 0.6 is 0 Å². The van der Waals surface area contributed by atoms with Gasteiger partial charge in [-0.1, -0.05) is 62.6 Å². The van der Waals surface area contributed by atoms with Gasteiger partial charge in [0, 0.05) is 6.42 Å². The first-order chi connectivity index (χ1) is 15.0. The third-order valence-electron chi connectivity index (χ3n) is 4.70. The number of allylic oxidation sites excluding steroid dienone is 6. The van der Waals surface area contributed by atoms with E-state index in [0.29, 0.717) is 6.42 Å². The Hall–Kier alpha value is -1.80. The van der Waals surface area contributed by atoms with E-state index in [-0.39, 0.29) is 12.7 Å². The summed E-state index contributed by atoms with van der Waals surface area (Å²) in [5.41, 5.74) is 0. The van der Waals surface area contributed by atoms with Crippen molar-refractivity contribution >= 4 is 12.3 Å². The fraction of sp³-hybridized carbons (Fsp3) is 0.667. The molecule has 0 aromatic carbocycles. The number of rotatable bonds is 19. The van der Waals surface area contributed by atoms with Crippen LogP contribution < -0.4 is 0 Å². The second kappa shape index (κ2) is 20.1. The van der Waals surface area contributed by atoms with Crippen LogP contribution in [0.5, 0.6) is 0 Å². The molecule has 0 radical (unpaired) electrons. The molecule has 0 rings (SSSR count). The Labute approximate surface area is 186 Å². The monoisotopic (exact) mass is 440 g/mol. The zero-order chi connectivity index (χ0) is 23.3. The van der Waals surface area contributed by atoms with Crippen LogP contribution in [0.25, 0.3) is 0 Å². The first kappa shape index (κ1) is 29.2. The van der Waals surface area contributed by atoms with Gasteiger partial charge in [-0.05, 0) is 38.5 Å². The van der Waals surface area contributed by atoms with Crippen molar-refractivity contribution in [1.82, 2.24) is 0 Å². The molecule has 4 atom stereocenters. The van der Waals surface area contributed by atoms with Gasteiger partial charge in [-0.2, -0.15) is 0 Å². The first-order valence-corrected chi connectivity index (χ1v) is 11.2. The molecule has 7 nitrogen and oxygen atoms in total. The Kier molecular flexibility index (Phi) is 19.0. The van der Waals surface area contributed by atoms with Gasteiger partial charge >= 0.3 is 5.97 Å². The van der Waals surface area contributed by atoms with Crippen molar-refractivity contribution in [3.8, 4) is 0 Å². The second-order valence-corrected chi connectivity index (χ2v) is 7.42. The van der Waals surface area contributed by atoms with Gasteiger partial charge in [-0.15, -0.1) is 0 Å². The maximum atomic E-state index is 11.8. The van der Waals surface area contributed by atoms with E-state index in [1.807, 2.05) is 0 Å². The highest BCUT2D eigenvalue weighted by Crippen LogP contribution is 2.11. The minimum absolute atomic E-state index is 0.107. The zero-order valence-corrected chi connectivity index (χ0v) is 18.6. The van der Waals surface area contributed by atoms with Crippen LogP contribution in [0, 0.1) is 0 Å². The van der Waals surface area contributed by atoms with Gasteiger partial charge in [0.25, 0.3) is 0 Å². The largest absolute Gasteiger partial charge is 0.452 e. The number of unbranched alkanes of at least 4 members (excludes halogenated alkanes) is 5. The number of hydrogen-bond donors (Lipinski definition) is 4. The minimum atomic E-state index is -1.80. The molecule has 0 aromatic rings. The molecule has 0 saturated heterocycles. The van der Waals surface area contributed by atoms with Crippen molar-refractivity contribution < 1.29 is 34.8 Å². The number of ether oxygens (including phenoxy) is 1. The van der Waals surface area contributed by atoms with Gasteiger partial charge in [-0.25, -0.2) is 0 Å². The zero-order valence-electron chi connectivity index (χ0n) is 18.6. The summed E-state index contributed by atoms with van der Waals surface area (Å²) in [6.07, 6.45) is 15.2. The van der Waals surface area contributed by atoms with Crippen LogP contribution in [0.3, 0.4) is 0 Å². The molecule has 0 aliphatic heterocycles. The van der Waals surface area contributed by atoms with Crippen LogP contribution in [-0.2, 0) is 14.3 Å². The number of carbonyl (C=O) groups is 2. The molecule has 0 fully saturated rings. The third-order valence-corrected chi connectivity index (χ3v) is 4.70. The molecule has 0 aliphatic rings. The van der Waals surface area contributed by atoms with Crippen LogP contribution in [0.1, 0.15) is 71.1 Å². The van der Waals surface area contributed by atoms with Crippen LogP contribution in [0.4, 0.5) is 0 Å². The van der Waals surface area contributed by atoms with Crippen molar-refractivity contribution in [3.63, 3.8) is 0 Å². The van der Waals surface area contributed by atoms with Crippen molar-refractivity contribution in [3.05, 3.63) is 36.5 Å². The van der Waals surface area contributed by atoms with Crippen molar-refractivity contribution in [2.45, 2.75) is 95.5 Å². The molecular weight excluding hydrogens is 400 g/mol. The average Bonchev–Trinajstić information content (AvgIpc) is 2.78. The van der Waals surface area contributed by atoms with Crippen LogP contribution in [0.2, 0.25) is 0 Å². The summed E-state index contributed by atoms with van der Waals surface area (Å²) in [6, 6.07) is 0.